The fraction of sp³-hybridized carbons (Fsp3) is 0.250. The lowest BCUT2D eigenvalue weighted by molar-refractivity contribution is -0.113. The van der Waals surface area contributed by atoms with Gasteiger partial charge in [-0.05, 0) is 36.7 Å². The molecule has 1 fully saturated rings. The number of likely N-dealkylation sites (tertiary alicyclic amines) is 1. The second kappa shape index (κ2) is 5.98. The Bertz CT molecular complexity index is 631. The van der Waals surface area contributed by atoms with Gasteiger partial charge in [-0.25, -0.2) is 0 Å². The van der Waals surface area contributed by atoms with Gasteiger partial charge in [-0.3, -0.25) is 4.79 Å². The number of hydrogen-bond acceptors (Lipinski definition) is 3. The van der Waals surface area contributed by atoms with E-state index in [0.717, 1.165) is 23.8 Å². The van der Waals surface area contributed by atoms with Gasteiger partial charge in [-0.2, -0.15) is 4.99 Å². The Morgan fingerprint density at radius 2 is 1.95 bits per heavy atom. The highest BCUT2D eigenvalue weighted by Crippen LogP contribution is 2.29. The van der Waals surface area contributed by atoms with Gasteiger partial charge in [-0.1, -0.05) is 30.0 Å². The number of carbonyl (C=O) groups is 1. The van der Waals surface area contributed by atoms with Crippen LogP contribution in [0.1, 0.15) is 18.4 Å². The molecule has 3 nitrogen and oxygen atoms in total. The van der Waals surface area contributed by atoms with Crippen molar-refractivity contribution in [3.05, 3.63) is 46.9 Å². The van der Waals surface area contributed by atoms with Gasteiger partial charge in [0.2, 0.25) is 0 Å². The molecule has 2 aliphatic rings. The van der Waals surface area contributed by atoms with Crippen molar-refractivity contribution in [1.82, 2.24) is 4.90 Å². The van der Waals surface area contributed by atoms with Crippen LogP contribution in [0.25, 0.3) is 0 Å². The quantitative estimate of drug-likeness (QED) is 0.542. The average Bonchev–Trinajstić information content (AvgIpc) is 3.10. The molecule has 1 aromatic carbocycles. The van der Waals surface area contributed by atoms with Crippen LogP contribution in [0.4, 0.5) is 0 Å². The van der Waals surface area contributed by atoms with Crippen LogP contribution in [0.3, 0.4) is 0 Å². The first-order valence-electron chi connectivity index (χ1n) is 6.65. The van der Waals surface area contributed by atoms with E-state index in [4.69, 9.17) is 0 Å². The summed E-state index contributed by atoms with van der Waals surface area (Å²) < 4.78 is 0. The third-order valence-corrected chi connectivity index (χ3v) is 4.22. The number of amides is 1. The summed E-state index contributed by atoms with van der Waals surface area (Å²) in [5.74, 6) is 5.79. The Kier molecular flexibility index (Phi) is 3.89. The van der Waals surface area contributed by atoms with E-state index in [-0.39, 0.29) is 5.91 Å². The zero-order valence-electron chi connectivity index (χ0n) is 11.0. The number of amidine groups is 1. The van der Waals surface area contributed by atoms with Crippen molar-refractivity contribution in [2.75, 3.05) is 13.1 Å². The summed E-state index contributed by atoms with van der Waals surface area (Å²) in [6.45, 7) is 2.00. The molecule has 1 aromatic rings. The summed E-state index contributed by atoms with van der Waals surface area (Å²) >= 11 is 1.44. The largest absolute Gasteiger partial charge is 0.351 e. The zero-order valence-corrected chi connectivity index (χ0v) is 11.8. The lowest BCUT2D eigenvalue weighted by atomic mass is 10.2. The molecule has 0 spiro atoms. The molecule has 4 heteroatoms. The van der Waals surface area contributed by atoms with Crippen LogP contribution in [0.2, 0.25) is 0 Å². The Balaban J connectivity index is 1.69. The molecule has 0 radical (unpaired) electrons. The average molecular weight is 282 g/mol. The first-order chi connectivity index (χ1) is 9.83. The van der Waals surface area contributed by atoms with Gasteiger partial charge in [0, 0.05) is 24.7 Å². The van der Waals surface area contributed by atoms with Crippen LogP contribution in [0.15, 0.2) is 46.3 Å². The standard InChI is InChI=1S/C16H14N2OS/c19-15-14(10-6-9-13-7-2-1-3-8-13)20-16(17-15)18-11-4-5-12-18/h1-3,7-8,10H,4-5,11-12H2/b14-10+. The van der Waals surface area contributed by atoms with Gasteiger partial charge in [0.25, 0.3) is 5.91 Å². The smallest absolute Gasteiger partial charge is 0.286 e. The van der Waals surface area contributed by atoms with E-state index >= 15 is 0 Å². The Labute approximate surface area is 122 Å². The summed E-state index contributed by atoms with van der Waals surface area (Å²) in [6, 6.07) is 9.74. The molecule has 0 N–H and O–H groups in total. The van der Waals surface area contributed by atoms with Crippen LogP contribution >= 0.6 is 11.8 Å². The topological polar surface area (TPSA) is 32.7 Å². The molecule has 2 heterocycles. The van der Waals surface area contributed by atoms with E-state index in [1.54, 1.807) is 6.08 Å². The summed E-state index contributed by atoms with van der Waals surface area (Å²) in [4.78, 5) is 18.7. The number of carbonyl (C=O) groups excluding carboxylic acids is 1. The maximum atomic E-state index is 11.8. The van der Waals surface area contributed by atoms with E-state index in [2.05, 4.69) is 21.7 Å². The SMILES string of the molecule is O=C1N=C(N2CCCC2)S/C1=C/C#Cc1ccccc1. The first-order valence-corrected chi connectivity index (χ1v) is 7.47. The van der Waals surface area contributed by atoms with Crippen LogP contribution < -0.4 is 0 Å². The molecule has 0 atom stereocenters. The number of benzene rings is 1. The fourth-order valence-corrected chi connectivity index (χ4v) is 3.04. The van der Waals surface area contributed by atoms with Crippen LogP contribution in [-0.2, 0) is 4.79 Å². The normalized spacial score (nSPS) is 20.0. The van der Waals surface area contributed by atoms with E-state index in [1.165, 1.54) is 24.6 Å². The van der Waals surface area contributed by atoms with Gasteiger partial charge in [-0.15, -0.1) is 0 Å². The first kappa shape index (κ1) is 13.0. The summed E-state index contributed by atoms with van der Waals surface area (Å²) in [5, 5.41) is 0.834. The molecule has 3 rings (SSSR count). The van der Waals surface area contributed by atoms with Crippen LogP contribution in [0.5, 0.6) is 0 Å². The number of hydrogen-bond donors (Lipinski definition) is 0. The molecule has 20 heavy (non-hydrogen) atoms. The maximum absolute atomic E-state index is 11.8. The number of aliphatic imine (C=N–C) groups is 1. The lowest BCUT2D eigenvalue weighted by Crippen LogP contribution is -2.23. The molecule has 0 aromatic heterocycles. The minimum absolute atomic E-state index is 0.167. The summed E-state index contributed by atoms with van der Waals surface area (Å²) in [6.07, 6.45) is 4.04. The fourth-order valence-electron chi connectivity index (χ4n) is 2.15. The monoisotopic (exact) mass is 282 g/mol. The number of nitrogens with zero attached hydrogens (tertiary/aromatic N) is 2. The van der Waals surface area contributed by atoms with Gasteiger partial charge in [0.05, 0.1) is 4.91 Å². The highest BCUT2D eigenvalue weighted by Gasteiger charge is 2.27. The van der Waals surface area contributed by atoms with Crippen molar-refractivity contribution in [3.8, 4) is 11.8 Å². The van der Waals surface area contributed by atoms with Crippen molar-refractivity contribution >= 4 is 22.8 Å². The van der Waals surface area contributed by atoms with Crippen molar-refractivity contribution in [1.29, 1.82) is 0 Å². The molecule has 2 aliphatic heterocycles. The van der Waals surface area contributed by atoms with E-state index < -0.39 is 0 Å². The molecule has 1 saturated heterocycles. The van der Waals surface area contributed by atoms with Crippen molar-refractivity contribution in [3.63, 3.8) is 0 Å². The molecule has 1 amide bonds. The lowest BCUT2D eigenvalue weighted by Gasteiger charge is -2.14. The summed E-state index contributed by atoms with van der Waals surface area (Å²) in [5.41, 5.74) is 0.945. The maximum Gasteiger partial charge on any atom is 0.286 e. The summed E-state index contributed by atoms with van der Waals surface area (Å²) in [7, 11) is 0. The van der Waals surface area contributed by atoms with Crippen molar-refractivity contribution in [2.45, 2.75) is 12.8 Å². The second-order valence-electron chi connectivity index (χ2n) is 4.64. The number of rotatable bonds is 0. The molecule has 0 bridgehead atoms. The van der Waals surface area contributed by atoms with Gasteiger partial charge in [0.1, 0.15) is 0 Å². The molecule has 100 valence electrons. The van der Waals surface area contributed by atoms with Crippen LogP contribution in [-0.4, -0.2) is 29.1 Å². The van der Waals surface area contributed by atoms with E-state index in [1.807, 2.05) is 30.3 Å². The highest BCUT2D eigenvalue weighted by molar-refractivity contribution is 8.18. The van der Waals surface area contributed by atoms with Gasteiger partial charge in [0.15, 0.2) is 5.17 Å². The Hall–Kier alpha value is -1.99. The molecule has 0 unspecified atom stereocenters. The van der Waals surface area contributed by atoms with Gasteiger partial charge >= 0.3 is 0 Å². The van der Waals surface area contributed by atoms with Crippen LogP contribution in [0, 0.1) is 11.8 Å². The predicted molar refractivity (Wildman–Crippen MR) is 82.2 cm³/mol. The second-order valence-corrected chi connectivity index (χ2v) is 5.65. The molecular formula is C16H14N2OS. The zero-order chi connectivity index (χ0) is 13.8. The van der Waals surface area contributed by atoms with E-state index in [9.17, 15) is 4.79 Å². The highest BCUT2D eigenvalue weighted by atomic mass is 32.2. The van der Waals surface area contributed by atoms with Crippen molar-refractivity contribution in [2.24, 2.45) is 4.99 Å². The third-order valence-electron chi connectivity index (χ3n) is 3.18. The number of thioether (sulfide) groups is 1. The molecule has 0 aliphatic carbocycles. The third kappa shape index (κ3) is 2.94. The minimum Gasteiger partial charge on any atom is -0.351 e. The molecule has 0 saturated carbocycles. The minimum atomic E-state index is -0.167. The number of allylic oxidation sites excluding steroid dienone is 1. The van der Waals surface area contributed by atoms with Gasteiger partial charge < -0.3 is 4.90 Å². The van der Waals surface area contributed by atoms with E-state index in [0.29, 0.717) is 4.91 Å². The Morgan fingerprint density at radius 1 is 1.20 bits per heavy atom. The van der Waals surface area contributed by atoms with Crippen molar-refractivity contribution < 1.29 is 4.79 Å². The predicted octanol–water partition coefficient (Wildman–Crippen LogP) is 2.65. The molecular weight excluding hydrogens is 268 g/mol. The Morgan fingerprint density at radius 3 is 2.70 bits per heavy atom.